The monoisotopic (exact) mass is 326 g/mol. The normalized spacial score (nSPS) is 19.9. The molecule has 0 spiro atoms. The molecule has 104 valence electrons. The molecule has 1 aromatic rings. The molecule has 1 atom stereocenters. The van der Waals surface area contributed by atoms with Crippen LogP contribution in [0.1, 0.15) is 12.8 Å². The van der Waals surface area contributed by atoms with E-state index < -0.39 is 0 Å². The predicted octanol–water partition coefficient (Wildman–Crippen LogP) is 2.18. The number of nitrogens with one attached hydrogen (secondary N) is 1. The third kappa shape index (κ3) is 3.94. The summed E-state index contributed by atoms with van der Waals surface area (Å²) in [5.74, 6) is -0.157. The van der Waals surface area contributed by atoms with Crippen LogP contribution < -0.4 is 10.2 Å². The number of nitrogens with zero attached hydrogens (tertiary/aromatic N) is 1. The van der Waals surface area contributed by atoms with E-state index in [-0.39, 0.29) is 12.0 Å². The Bertz CT molecular complexity index is 422. The summed E-state index contributed by atoms with van der Waals surface area (Å²) in [5.41, 5.74) is 1.15. The van der Waals surface area contributed by atoms with Crippen molar-refractivity contribution in [1.82, 2.24) is 5.32 Å². The van der Waals surface area contributed by atoms with Crippen LogP contribution in [0, 0.1) is 0 Å². The lowest BCUT2D eigenvalue weighted by molar-refractivity contribution is -0.141. The maximum absolute atomic E-state index is 11.5. The van der Waals surface area contributed by atoms with Crippen LogP contribution in [-0.4, -0.2) is 38.8 Å². The van der Waals surface area contributed by atoms with E-state index in [9.17, 15) is 4.79 Å². The number of rotatable bonds is 3. The molecule has 4 nitrogen and oxygen atoms in total. The molecule has 1 aliphatic rings. The maximum atomic E-state index is 11.5. The molecule has 0 aromatic heterocycles. The van der Waals surface area contributed by atoms with Crippen LogP contribution in [0.2, 0.25) is 0 Å². The number of carbonyl (C=O) groups excluding carboxylic acids is 1. The van der Waals surface area contributed by atoms with Gasteiger partial charge in [0, 0.05) is 23.2 Å². The lowest BCUT2D eigenvalue weighted by Crippen LogP contribution is -2.41. The van der Waals surface area contributed by atoms with Crippen molar-refractivity contribution < 1.29 is 9.53 Å². The summed E-state index contributed by atoms with van der Waals surface area (Å²) in [7, 11) is 1.44. The van der Waals surface area contributed by atoms with Gasteiger partial charge in [-0.15, -0.1) is 0 Å². The average Bonchev–Trinajstić information content (AvgIpc) is 2.65. The lowest BCUT2D eigenvalue weighted by Gasteiger charge is -2.31. The van der Waals surface area contributed by atoms with Gasteiger partial charge in [-0.2, -0.15) is 0 Å². The third-order valence-corrected chi connectivity index (χ3v) is 3.89. The van der Waals surface area contributed by atoms with Gasteiger partial charge in [-0.3, -0.25) is 4.79 Å². The van der Waals surface area contributed by atoms with Crippen molar-refractivity contribution in [1.29, 1.82) is 0 Å². The van der Waals surface area contributed by atoms with Crippen molar-refractivity contribution in [3.05, 3.63) is 28.7 Å². The molecule has 1 fully saturated rings. The smallest absolute Gasteiger partial charge is 0.307 e. The molecule has 1 heterocycles. The van der Waals surface area contributed by atoms with Crippen molar-refractivity contribution in [2.24, 2.45) is 0 Å². The Morgan fingerprint density at radius 2 is 2.21 bits per heavy atom. The molecule has 1 aliphatic heterocycles. The van der Waals surface area contributed by atoms with Gasteiger partial charge < -0.3 is 15.0 Å². The molecule has 1 aromatic carbocycles. The Morgan fingerprint density at radius 1 is 1.47 bits per heavy atom. The Labute approximate surface area is 122 Å². The van der Waals surface area contributed by atoms with E-state index in [2.05, 4.69) is 38.3 Å². The summed E-state index contributed by atoms with van der Waals surface area (Å²) in [6.45, 7) is 2.76. The van der Waals surface area contributed by atoms with Crippen LogP contribution in [0.15, 0.2) is 28.7 Å². The number of hydrogen-bond donors (Lipinski definition) is 1. The second kappa shape index (κ2) is 6.91. The van der Waals surface area contributed by atoms with Crippen LogP contribution in [0.3, 0.4) is 0 Å². The van der Waals surface area contributed by atoms with Gasteiger partial charge in [-0.05, 0) is 37.2 Å². The minimum absolute atomic E-state index is 0.149. The van der Waals surface area contributed by atoms with Crippen LogP contribution in [-0.2, 0) is 9.53 Å². The van der Waals surface area contributed by atoms with E-state index in [0.717, 1.165) is 36.2 Å². The van der Waals surface area contributed by atoms with Gasteiger partial charge in [0.15, 0.2) is 0 Å². The molecule has 0 radical (unpaired) electrons. The Morgan fingerprint density at radius 3 is 2.89 bits per heavy atom. The zero-order chi connectivity index (χ0) is 13.7. The molecule has 0 bridgehead atoms. The van der Waals surface area contributed by atoms with E-state index in [1.807, 2.05) is 12.1 Å². The van der Waals surface area contributed by atoms with Crippen molar-refractivity contribution >= 4 is 27.6 Å². The number of hydrogen-bond acceptors (Lipinski definition) is 4. The standard InChI is InChI=1S/C14H19BrN2O2/c1-19-14(18)9-13-10-16-7-2-8-17(13)12-5-3-11(15)4-6-12/h3-6,13,16H,2,7-10H2,1H3. The van der Waals surface area contributed by atoms with Gasteiger partial charge in [0.1, 0.15) is 0 Å². The van der Waals surface area contributed by atoms with Crippen molar-refractivity contribution in [3.63, 3.8) is 0 Å². The first-order valence-corrected chi connectivity index (χ1v) is 7.30. The van der Waals surface area contributed by atoms with Crippen LogP contribution in [0.25, 0.3) is 0 Å². The number of esters is 1. The fourth-order valence-electron chi connectivity index (χ4n) is 2.37. The first-order chi connectivity index (χ1) is 9.20. The summed E-state index contributed by atoms with van der Waals surface area (Å²) in [6.07, 6.45) is 1.49. The molecule has 5 heteroatoms. The van der Waals surface area contributed by atoms with Crippen molar-refractivity contribution in [2.45, 2.75) is 18.9 Å². The third-order valence-electron chi connectivity index (χ3n) is 3.36. The number of halogens is 1. The average molecular weight is 327 g/mol. The maximum Gasteiger partial charge on any atom is 0.307 e. The van der Waals surface area contributed by atoms with Crippen LogP contribution in [0.5, 0.6) is 0 Å². The van der Waals surface area contributed by atoms with Gasteiger partial charge in [0.2, 0.25) is 0 Å². The zero-order valence-corrected chi connectivity index (χ0v) is 12.6. The lowest BCUT2D eigenvalue weighted by atomic mass is 10.1. The molecule has 0 amide bonds. The van der Waals surface area contributed by atoms with Crippen LogP contribution >= 0.6 is 15.9 Å². The largest absolute Gasteiger partial charge is 0.469 e. The first kappa shape index (κ1) is 14.3. The second-order valence-electron chi connectivity index (χ2n) is 4.66. The highest BCUT2D eigenvalue weighted by molar-refractivity contribution is 9.10. The number of anilines is 1. The molecule has 0 saturated carbocycles. The molecule has 19 heavy (non-hydrogen) atoms. The quantitative estimate of drug-likeness (QED) is 0.864. The van der Waals surface area contributed by atoms with Gasteiger partial charge in [0.05, 0.1) is 19.6 Å². The van der Waals surface area contributed by atoms with E-state index in [4.69, 9.17) is 4.74 Å². The number of benzene rings is 1. The zero-order valence-electron chi connectivity index (χ0n) is 11.1. The molecule has 1 unspecified atom stereocenters. The van der Waals surface area contributed by atoms with Gasteiger partial charge in [0.25, 0.3) is 0 Å². The summed E-state index contributed by atoms with van der Waals surface area (Å²) in [5, 5.41) is 3.38. The summed E-state index contributed by atoms with van der Waals surface area (Å²) >= 11 is 3.45. The molecule has 1 N–H and O–H groups in total. The number of carbonyl (C=O) groups is 1. The van der Waals surface area contributed by atoms with E-state index in [1.54, 1.807) is 0 Å². The van der Waals surface area contributed by atoms with Crippen LogP contribution in [0.4, 0.5) is 5.69 Å². The van der Waals surface area contributed by atoms with Gasteiger partial charge >= 0.3 is 5.97 Å². The fourth-order valence-corrected chi connectivity index (χ4v) is 2.63. The second-order valence-corrected chi connectivity index (χ2v) is 5.58. The minimum atomic E-state index is -0.157. The summed E-state index contributed by atoms with van der Waals surface area (Å²) in [4.78, 5) is 13.8. The topological polar surface area (TPSA) is 41.6 Å². The SMILES string of the molecule is COC(=O)CC1CNCCCN1c1ccc(Br)cc1. The first-order valence-electron chi connectivity index (χ1n) is 6.50. The molecule has 0 aliphatic carbocycles. The number of ether oxygens (including phenoxy) is 1. The Kier molecular flexibility index (Phi) is 5.22. The molecule has 2 rings (SSSR count). The predicted molar refractivity (Wildman–Crippen MR) is 79.4 cm³/mol. The van der Waals surface area contributed by atoms with Crippen molar-refractivity contribution in [2.75, 3.05) is 31.6 Å². The molecular formula is C14H19BrN2O2. The number of methoxy groups -OCH3 is 1. The fraction of sp³-hybridized carbons (Fsp3) is 0.500. The van der Waals surface area contributed by atoms with E-state index >= 15 is 0 Å². The van der Waals surface area contributed by atoms with Crippen molar-refractivity contribution in [3.8, 4) is 0 Å². The summed E-state index contributed by atoms with van der Waals surface area (Å²) < 4.78 is 5.86. The Balaban J connectivity index is 2.16. The van der Waals surface area contributed by atoms with Gasteiger partial charge in [-0.25, -0.2) is 0 Å². The Hall–Kier alpha value is -1.07. The van der Waals surface area contributed by atoms with E-state index in [1.165, 1.54) is 7.11 Å². The van der Waals surface area contributed by atoms with E-state index in [0.29, 0.717) is 6.42 Å². The highest BCUT2D eigenvalue weighted by Gasteiger charge is 2.24. The highest BCUT2D eigenvalue weighted by atomic mass is 79.9. The van der Waals surface area contributed by atoms with Gasteiger partial charge in [-0.1, -0.05) is 15.9 Å². The molecule has 1 saturated heterocycles. The minimum Gasteiger partial charge on any atom is -0.469 e. The molecular weight excluding hydrogens is 308 g/mol. The summed E-state index contributed by atoms with van der Waals surface area (Å²) in [6, 6.07) is 8.38. The highest BCUT2D eigenvalue weighted by Crippen LogP contribution is 2.22.